The average molecular weight is 338 g/mol. The van der Waals surface area contributed by atoms with Crippen LogP contribution in [0, 0.1) is 0 Å². The molecule has 0 bridgehead atoms. The van der Waals surface area contributed by atoms with Gasteiger partial charge in [-0.2, -0.15) is 4.72 Å². The van der Waals surface area contributed by atoms with Crippen molar-refractivity contribution in [2.45, 2.75) is 63.4 Å². The molecule has 1 amide bonds. The van der Waals surface area contributed by atoms with Crippen LogP contribution in [0.15, 0.2) is 29.2 Å². The predicted octanol–water partition coefficient (Wildman–Crippen LogP) is 2.27. The van der Waals surface area contributed by atoms with Crippen LogP contribution in [0.4, 0.5) is 0 Å². The van der Waals surface area contributed by atoms with Crippen LogP contribution in [0.2, 0.25) is 0 Å². The number of carbonyl (C=O) groups is 1. The molecule has 128 valence electrons. The van der Waals surface area contributed by atoms with Gasteiger partial charge in [-0.25, -0.2) is 8.42 Å². The standard InChI is InChI=1S/C17H26N2O3S/c1-12(2)19-11-10-15(16(19)20)18-23(21,22)14-8-6-13(7-9-14)17(3,4)5/h6-9,12,15,18H,10-11H2,1-5H3. The lowest BCUT2D eigenvalue weighted by atomic mass is 9.87. The summed E-state index contributed by atoms with van der Waals surface area (Å²) < 4.78 is 27.5. The number of carbonyl (C=O) groups excluding carboxylic acids is 1. The van der Waals surface area contributed by atoms with Crippen LogP contribution < -0.4 is 4.72 Å². The summed E-state index contributed by atoms with van der Waals surface area (Å²) in [6, 6.07) is 6.27. The summed E-state index contributed by atoms with van der Waals surface area (Å²) in [7, 11) is -3.69. The van der Waals surface area contributed by atoms with Crippen molar-refractivity contribution in [2.24, 2.45) is 0 Å². The number of amides is 1. The summed E-state index contributed by atoms with van der Waals surface area (Å²) >= 11 is 0. The van der Waals surface area contributed by atoms with E-state index in [2.05, 4.69) is 25.5 Å². The van der Waals surface area contributed by atoms with Gasteiger partial charge in [-0.05, 0) is 43.4 Å². The maximum Gasteiger partial charge on any atom is 0.241 e. The molecule has 1 N–H and O–H groups in total. The lowest BCUT2D eigenvalue weighted by Gasteiger charge is -2.21. The van der Waals surface area contributed by atoms with Crippen molar-refractivity contribution < 1.29 is 13.2 Å². The van der Waals surface area contributed by atoms with Crippen molar-refractivity contribution >= 4 is 15.9 Å². The Morgan fingerprint density at radius 2 is 1.74 bits per heavy atom. The number of nitrogens with zero attached hydrogens (tertiary/aromatic N) is 1. The summed E-state index contributed by atoms with van der Waals surface area (Å²) in [5, 5.41) is 0. The molecule has 1 aromatic carbocycles. The highest BCUT2D eigenvalue weighted by Gasteiger charge is 2.35. The number of rotatable bonds is 4. The molecule has 1 saturated heterocycles. The first kappa shape index (κ1) is 17.9. The van der Waals surface area contributed by atoms with Crippen molar-refractivity contribution in [3.05, 3.63) is 29.8 Å². The number of nitrogens with one attached hydrogen (secondary N) is 1. The Bertz CT molecular complexity index is 673. The summed E-state index contributed by atoms with van der Waals surface area (Å²) in [6.07, 6.45) is 0.510. The zero-order valence-corrected chi connectivity index (χ0v) is 15.3. The number of benzene rings is 1. The topological polar surface area (TPSA) is 66.5 Å². The number of hydrogen-bond donors (Lipinski definition) is 1. The molecule has 1 atom stereocenters. The predicted molar refractivity (Wildman–Crippen MR) is 90.7 cm³/mol. The van der Waals surface area contributed by atoms with Crippen LogP contribution in [-0.4, -0.2) is 37.9 Å². The minimum atomic E-state index is -3.69. The first-order valence-electron chi connectivity index (χ1n) is 7.96. The molecule has 23 heavy (non-hydrogen) atoms. The molecule has 1 aromatic rings. The Labute approximate surface area is 139 Å². The fourth-order valence-electron chi connectivity index (χ4n) is 2.71. The summed E-state index contributed by atoms with van der Waals surface area (Å²) in [4.78, 5) is 14.1. The van der Waals surface area contributed by atoms with Crippen molar-refractivity contribution in [1.82, 2.24) is 9.62 Å². The molecule has 0 aromatic heterocycles. The van der Waals surface area contributed by atoms with Crippen LogP contribution in [-0.2, 0) is 20.2 Å². The zero-order valence-electron chi connectivity index (χ0n) is 14.5. The molecule has 6 heteroatoms. The van der Waals surface area contributed by atoms with Gasteiger partial charge in [0.05, 0.1) is 4.90 Å². The SMILES string of the molecule is CC(C)N1CCC(NS(=O)(=O)c2ccc(C(C)(C)C)cc2)C1=O. The zero-order chi connectivity index (χ0) is 17.4. The van der Waals surface area contributed by atoms with E-state index in [0.29, 0.717) is 13.0 Å². The Morgan fingerprint density at radius 1 is 1.17 bits per heavy atom. The van der Waals surface area contributed by atoms with Gasteiger partial charge < -0.3 is 4.90 Å². The van der Waals surface area contributed by atoms with E-state index in [1.807, 2.05) is 26.0 Å². The lowest BCUT2D eigenvalue weighted by molar-refractivity contribution is -0.130. The van der Waals surface area contributed by atoms with Gasteiger partial charge in [0, 0.05) is 12.6 Å². The first-order chi connectivity index (χ1) is 10.5. The van der Waals surface area contributed by atoms with Crippen molar-refractivity contribution in [1.29, 1.82) is 0 Å². The quantitative estimate of drug-likeness (QED) is 0.916. The Kier molecular flexibility index (Phi) is 4.87. The van der Waals surface area contributed by atoms with E-state index >= 15 is 0 Å². The third kappa shape index (κ3) is 3.93. The molecule has 1 unspecified atom stereocenters. The highest BCUT2D eigenvalue weighted by molar-refractivity contribution is 7.89. The third-order valence-corrected chi connectivity index (χ3v) is 5.68. The van der Waals surface area contributed by atoms with Crippen LogP contribution in [0.25, 0.3) is 0 Å². The molecule has 2 rings (SSSR count). The Morgan fingerprint density at radius 3 is 2.17 bits per heavy atom. The molecular weight excluding hydrogens is 312 g/mol. The van der Waals surface area contributed by atoms with Crippen molar-refractivity contribution in [3.8, 4) is 0 Å². The van der Waals surface area contributed by atoms with Crippen LogP contribution in [0.3, 0.4) is 0 Å². The van der Waals surface area contributed by atoms with Gasteiger partial charge in [-0.1, -0.05) is 32.9 Å². The van der Waals surface area contributed by atoms with E-state index < -0.39 is 16.1 Å². The molecule has 1 fully saturated rings. The van der Waals surface area contributed by atoms with E-state index in [0.717, 1.165) is 5.56 Å². The lowest BCUT2D eigenvalue weighted by Crippen LogP contribution is -2.43. The molecule has 0 saturated carbocycles. The second-order valence-corrected chi connectivity index (χ2v) is 9.08. The Hall–Kier alpha value is -1.40. The van der Waals surface area contributed by atoms with Gasteiger partial charge in [-0.15, -0.1) is 0 Å². The van der Waals surface area contributed by atoms with E-state index in [1.54, 1.807) is 17.0 Å². The van der Waals surface area contributed by atoms with Crippen LogP contribution in [0.5, 0.6) is 0 Å². The van der Waals surface area contributed by atoms with E-state index in [-0.39, 0.29) is 22.3 Å². The summed E-state index contributed by atoms with van der Waals surface area (Å²) in [6.45, 7) is 10.7. The largest absolute Gasteiger partial charge is 0.339 e. The summed E-state index contributed by atoms with van der Waals surface area (Å²) in [5.41, 5.74) is 1.04. The highest BCUT2D eigenvalue weighted by Crippen LogP contribution is 2.24. The normalized spacial score (nSPS) is 19.7. The molecule has 0 aliphatic carbocycles. The molecular formula is C17H26N2O3S. The number of sulfonamides is 1. The molecule has 0 spiro atoms. The Balaban J connectivity index is 2.15. The van der Waals surface area contributed by atoms with Crippen LogP contribution >= 0.6 is 0 Å². The average Bonchev–Trinajstić information content (AvgIpc) is 2.79. The minimum absolute atomic E-state index is 0.0328. The van der Waals surface area contributed by atoms with Gasteiger partial charge in [0.2, 0.25) is 15.9 Å². The second-order valence-electron chi connectivity index (χ2n) is 7.36. The highest BCUT2D eigenvalue weighted by atomic mass is 32.2. The number of hydrogen-bond acceptors (Lipinski definition) is 3. The molecule has 1 heterocycles. The molecule has 1 aliphatic heterocycles. The molecule has 1 aliphatic rings. The first-order valence-corrected chi connectivity index (χ1v) is 9.44. The maximum atomic E-state index is 12.5. The summed E-state index contributed by atoms with van der Waals surface area (Å²) in [5.74, 6) is -0.144. The van der Waals surface area contributed by atoms with Crippen LogP contribution in [0.1, 0.15) is 46.6 Å². The van der Waals surface area contributed by atoms with E-state index in [9.17, 15) is 13.2 Å². The van der Waals surface area contributed by atoms with Gasteiger partial charge in [-0.3, -0.25) is 4.79 Å². The third-order valence-electron chi connectivity index (χ3n) is 4.19. The monoisotopic (exact) mass is 338 g/mol. The van der Waals surface area contributed by atoms with Gasteiger partial charge in [0.25, 0.3) is 0 Å². The maximum absolute atomic E-state index is 12.5. The van der Waals surface area contributed by atoms with Gasteiger partial charge in [0.15, 0.2) is 0 Å². The van der Waals surface area contributed by atoms with Crippen molar-refractivity contribution in [3.63, 3.8) is 0 Å². The fraction of sp³-hybridized carbons (Fsp3) is 0.588. The number of likely N-dealkylation sites (tertiary alicyclic amines) is 1. The molecule has 5 nitrogen and oxygen atoms in total. The van der Waals surface area contributed by atoms with E-state index in [1.165, 1.54) is 0 Å². The van der Waals surface area contributed by atoms with Gasteiger partial charge >= 0.3 is 0 Å². The molecule has 0 radical (unpaired) electrons. The van der Waals surface area contributed by atoms with Gasteiger partial charge in [0.1, 0.15) is 6.04 Å². The fourth-order valence-corrected chi connectivity index (χ4v) is 3.94. The van der Waals surface area contributed by atoms with Crippen molar-refractivity contribution in [2.75, 3.05) is 6.54 Å². The van der Waals surface area contributed by atoms with E-state index in [4.69, 9.17) is 0 Å². The smallest absolute Gasteiger partial charge is 0.241 e. The minimum Gasteiger partial charge on any atom is -0.339 e. The second kappa shape index (κ2) is 6.24.